The van der Waals surface area contributed by atoms with Crippen LogP contribution in [0.3, 0.4) is 0 Å². The van der Waals surface area contributed by atoms with E-state index in [-0.39, 0.29) is 35.9 Å². The number of hydrogen-bond donors (Lipinski definition) is 0. The molecule has 0 spiro atoms. The van der Waals surface area contributed by atoms with Crippen LogP contribution >= 0.6 is 0 Å². The average Bonchev–Trinajstić information content (AvgIpc) is 2.91. The molecule has 0 heterocycles. The predicted octanol–water partition coefficient (Wildman–Crippen LogP) is 8.22. The Hall–Kier alpha value is -1.04. The fourth-order valence-electron chi connectivity index (χ4n) is 3.41. The van der Waals surface area contributed by atoms with Crippen molar-refractivity contribution < 1.29 is 19.8 Å². The van der Waals surface area contributed by atoms with Crippen molar-refractivity contribution in [2.24, 2.45) is 0 Å². The molecule has 0 aliphatic heterocycles. The summed E-state index contributed by atoms with van der Waals surface area (Å²) in [5.41, 5.74) is 1.17. The van der Waals surface area contributed by atoms with Gasteiger partial charge in [-0.2, -0.15) is 0 Å². The van der Waals surface area contributed by atoms with E-state index in [0.717, 1.165) is 31.2 Å². The summed E-state index contributed by atoms with van der Waals surface area (Å²) < 4.78 is 0. The number of carboxylic acid groups (broad SMARTS) is 2. The second kappa shape index (κ2) is 39.1. The van der Waals surface area contributed by atoms with Crippen molar-refractivity contribution in [3.8, 4) is 0 Å². The molecule has 0 saturated heterocycles. The zero-order valence-corrected chi connectivity index (χ0v) is 28.9. The number of carbonyl (C=O) groups excluding carboxylic acids is 2. The molecule has 4 nitrogen and oxygen atoms in total. The first-order chi connectivity index (χ1) is 18.3. The first-order valence-corrected chi connectivity index (χ1v) is 15.4. The first kappa shape index (κ1) is 45.0. The molecule has 224 valence electrons. The molecule has 0 aromatic heterocycles. The molecule has 0 amide bonds. The topological polar surface area (TPSA) is 80.3 Å². The third-order valence-electron chi connectivity index (χ3n) is 5.95. The van der Waals surface area contributed by atoms with E-state index < -0.39 is 11.9 Å². The zero-order valence-electron chi connectivity index (χ0n) is 26.0. The van der Waals surface area contributed by atoms with Crippen molar-refractivity contribution in [1.82, 2.24) is 0 Å². The van der Waals surface area contributed by atoms with Crippen LogP contribution in [0, 0.1) is 20.8 Å². The number of aryl methyl sites for hydroxylation is 1. The Bertz CT molecular complexity index is 611. The average molecular weight is 652 g/mol. The van der Waals surface area contributed by atoms with Crippen LogP contribution in [0.2, 0.25) is 0 Å². The van der Waals surface area contributed by atoms with Crippen LogP contribution in [0.1, 0.15) is 165 Å². The van der Waals surface area contributed by atoms with Gasteiger partial charge in [0.05, 0.1) is 5.97 Å². The van der Waals surface area contributed by atoms with Crippen molar-refractivity contribution in [1.29, 1.82) is 0 Å². The molecule has 1 rings (SSSR count). The number of hydrogen-bond acceptors (Lipinski definition) is 4. The molecular weight excluding hydrogens is 591 g/mol. The molecule has 0 unspecified atom stereocenters. The van der Waals surface area contributed by atoms with Gasteiger partial charge in [0.25, 0.3) is 0 Å². The van der Waals surface area contributed by atoms with Gasteiger partial charge in [0, 0.05) is 5.97 Å². The molecule has 5 heteroatoms. The summed E-state index contributed by atoms with van der Waals surface area (Å²) in [5, 5.41) is 20.5. The van der Waals surface area contributed by atoms with Crippen molar-refractivity contribution in [3.63, 3.8) is 0 Å². The zero-order chi connectivity index (χ0) is 29.3. The normalized spacial score (nSPS) is 9.49. The van der Waals surface area contributed by atoms with E-state index in [1.54, 1.807) is 12.1 Å². The molecule has 1 aromatic rings. The molecule has 0 aliphatic rings. The minimum atomic E-state index is -1.12. The summed E-state index contributed by atoms with van der Waals surface area (Å²) in [6, 6.07) is 6.63. The number of unbranched alkanes of at least 4 members (excludes halogenated alkanes) is 16. The van der Waals surface area contributed by atoms with E-state index in [1.807, 2.05) is 13.0 Å². The summed E-state index contributed by atoms with van der Waals surface area (Å²) in [6.45, 7) is 15.6. The van der Waals surface area contributed by atoms with E-state index >= 15 is 0 Å². The Morgan fingerprint density at radius 3 is 1.26 bits per heavy atom. The first-order valence-electron chi connectivity index (χ1n) is 15.4. The van der Waals surface area contributed by atoms with Gasteiger partial charge in [0.15, 0.2) is 0 Å². The van der Waals surface area contributed by atoms with E-state index in [9.17, 15) is 19.8 Å². The number of carboxylic acids is 2. The minimum Gasteiger partial charge on any atom is -0.550 e. The Labute approximate surface area is 260 Å². The van der Waals surface area contributed by atoms with E-state index in [0.29, 0.717) is 0 Å². The second-order valence-electron chi connectivity index (χ2n) is 9.94. The summed E-state index contributed by atoms with van der Waals surface area (Å²) in [6.07, 6.45) is 24.4. The predicted molar refractivity (Wildman–Crippen MR) is 166 cm³/mol. The molecular formula is C34H60O4Sn. The molecule has 0 bridgehead atoms. The van der Waals surface area contributed by atoms with Gasteiger partial charge in [-0.05, 0) is 25.3 Å². The van der Waals surface area contributed by atoms with Gasteiger partial charge in [-0.15, -0.1) is 0 Å². The number of carbonyl (C=O) groups is 2. The van der Waals surface area contributed by atoms with Crippen LogP contribution in [0.5, 0.6) is 0 Å². The summed E-state index contributed by atoms with van der Waals surface area (Å²) in [5.74, 6) is -2.02. The Balaban J connectivity index is -0.000000265. The molecule has 0 N–H and O–H groups in total. The SMILES string of the molecule is CCCCCCCCCCCCCCCCCC(=O)[O-].Cc1cccc(C(=O)[O-])c1.[CH2]CCC.[CH2]CCC.[Sn+2]. The van der Waals surface area contributed by atoms with E-state index in [1.165, 1.54) is 102 Å². The van der Waals surface area contributed by atoms with E-state index in [2.05, 4.69) is 34.6 Å². The molecule has 0 atom stereocenters. The van der Waals surface area contributed by atoms with Crippen LogP contribution in [0.4, 0.5) is 0 Å². The number of aromatic carboxylic acids is 1. The maximum Gasteiger partial charge on any atom is 2.00 e. The van der Waals surface area contributed by atoms with Crippen LogP contribution < -0.4 is 10.2 Å². The minimum absolute atomic E-state index is 0. The Morgan fingerprint density at radius 1 is 0.641 bits per heavy atom. The fraction of sp³-hybridized carbons (Fsp3) is 0.706. The van der Waals surface area contributed by atoms with E-state index in [4.69, 9.17) is 0 Å². The van der Waals surface area contributed by atoms with Crippen molar-refractivity contribution in [3.05, 3.63) is 49.2 Å². The van der Waals surface area contributed by atoms with Gasteiger partial charge in [-0.3, -0.25) is 0 Å². The maximum absolute atomic E-state index is 10.2. The Kier molecular flexibility index (Phi) is 45.1. The van der Waals surface area contributed by atoms with Gasteiger partial charge in [0.2, 0.25) is 0 Å². The molecule has 4 radical (unpaired) electrons. The standard InChI is InChI=1S/C18H36O2.C8H8O2.2C4H9.Sn/c1-2-3-4-5-6-7-8-9-10-11-12-13-14-15-16-17-18(19)20;1-6-3-2-4-7(5-6)8(9)10;2*1-3-4-2;/h2-17H2,1H3,(H,19,20);2-5H,1H3,(H,9,10);2*1,3-4H2,2H3;/q;;;;+2/p-2. The van der Waals surface area contributed by atoms with Gasteiger partial charge >= 0.3 is 23.9 Å². The van der Waals surface area contributed by atoms with Crippen molar-refractivity contribution in [2.75, 3.05) is 0 Å². The number of aliphatic carboxylic acids is 1. The molecule has 39 heavy (non-hydrogen) atoms. The van der Waals surface area contributed by atoms with Gasteiger partial charge in [0.1, 0.15) is 0 Å². The number of rotatable bonds is 19. The summed E-state index contributed by atoms with van der Waals surface area (Å²) in [7, 11) is 0. The molecule has 0 aliphatic carbocycles. The van der Waals surface area contributed by atoms with Gasteiger partial charge < -0.3 is 19.8 Å². The summed E-state index contributed by atoms with van der Waals surface area (Å²) >= 11 is 0. The molecule has 1 aromatic carbocycles. The second-order valence-corrected chi connectivity index (χ2v) is 9.94. The third-order valence-corrected chi connectivity index (χ3v) is 5.95. The molecule has 0 saturated carbocycles. The fourth-order valence-corrected chi connectivity index (χ4v) is 3.41. The number of benzene rings is 1. The molecule has 0 fully saturated rings. The quantitative estimate of drug-likeness (QED) is 0.112. The van der Waals surface area contributed by atoms with Crippen LogP contribution in [0.25, 0.3) is 0 Å². The smallest absolute Gasteiger partial charge is 0.550 e. The van der Waals surface area contributed by atoms with Gasteiger partial charge in [-0.1, -0.05) is 180 Å². The van der Waals surface area contributed by atoms with Crippen LogP contribution in [-0.2, 0) is 4.79 Å². The van der Waals surface area contributed by atoms with Crippen LogP contribution in [-0.4, -0.2) is 35.8 Å². The third kappa shape index (κ3) is 44.2. The maximum atomic E-state index is 10.2. The largest absolute Gasteiger partial charge is 2.00 e. The monoisotopic (exact) mass is 652 g/mol. The van der Waals surface area contributed by atoms with Crippen molar-refractivity contribution in [2.45, 2.75) is 156 Å². The summed E-state index contributed by atoms with van der Waals surface area (Å²) in [4.78, 5) is 20.5. The van der Waals surface area contributed by atoms with Crippen LogP contribution in [0.15, 0.2) is 24.3 Å². The van der Waals surface area contributed by atoms with Crippen molar-refractivity contribution >= 4 is 35.8 Å². The van der Waals surface area contributed by atoms with Gasteiger partial charge in [-0.25, -0.2) is 0 Å². The Morgan fingerprint density at radius 2 is 1.00 bits per heavy atom.